The Morgan fingerprint density at radius 3 is 2.41 bits per heavy atom. The van der Waals surface area contributed by atoms with Crippen molar-refractivity contribution in [2.75, 3.05) is 7.11 Å². The molecule has 0 radical (unpaired) electrons. The second-order valence-electron chi connectivity index (χ2n) is 7.30. The Balaban J connectivity index is 2.06. The molecule has 4 nitrogen and oxygen atoms in total. The van der Waals surface area contributed by atoms with Crippen LogP contribution in [0, 0.1) is 5.41 Å². The third kappa shape index (κ3) is 4.72. The monoisotopic (exact) mass is 405 g/mol. The molecule has 1 aromatic rings. The van der Waals surface area contributed by atoms with Crippen molar-refractivity contribution in [3.63, 3.8) is 0 Å². The molecule has 2 aliphatic carbocycles. The Kier molecular flexibility index (Phi) is 5.65. The van der Waals surface area contributed by atoms with Gasteiger partial charge < -0.3 is 4.74 Å². The van der Waals surface area contributed by atoms with E-state index in [1.54, 1.807) is 25.5 Å². The molecular formula is C21H24ClNO3S. The van der Waals surface area contributed by atoms with Gasteiger partial charge >= 0.3 is 0 Å². The van der Waals surface area contributed by atoms with Crippen molar-refractivity contribution in [1.29, 1.82) is 0 Å². The van der Waals surface area contributed by atoms with Gasteiger partial charge in [0, 0.05) is 5.03 Å². The summed E-state index contributed by atoms with van der Waals surface area (Å²) < 4.78 is 28.1. The fraction of sp³-hybridized carbons (Fsp3) is 0.333. The van der Waals surface area contributed by atoms with Crippen molar-refractivity contribution >= 4 is 27.2 Å². The molecule has 6 heteroatoms. The van der Waals surface area contributed by atoms with Crippen molar-refractivity contribution < 1.29 is 13.2 Å². The van der Waals surface area contributed by atoms with Crippen LogP contribution in [0.5, 0.6) is 0 Å². The predicted molar refractivity (Wildman–Crippen MR) is 109 cm³/mol. The smallest absolute Gasteiger partial charge is 0.238 e. The van der Waals surface area contributed by atoms with Crippen LogP contribution in [0.25, 0.3) is 5.57 Å². The molecule has 0 bridgehead atoms. The van der Waals surface area contributed by atoms with Crippen LogP contribution in [-0.2, 0) is 14.8 Å². The van der Waals surface area contributed by atoms with E-state index in [1.807, 2.05) is 37.3 Å². The lowest BCUT2D eigenvalue weighted by Gasteiger charge is -2.10. The largest absolute Gasteiger partial charge is 0.504 e. The minimum Gasteiger partial charge on any atom is -0.504 e. The van der Waals surface area contributed by atoms with Gasteiger partial charge in [0.2, 0.25) is 10.0 Å². The summed E-state index contributed by atoms with van der Waals surface area (Å²) in [6, 6.07) is 6.83. The van der Waals surface area contributed by atoms with E-state index in [2.05, 4.69) is 0 Å². The first-order valence-electron chi connectivity index (χ1n) is 8.83. The fourth-order valence-electron chi connectivity index (χ4n) is 3.63. The van der Waals surface area contributed by atoms with E-state index in [0.29, 0.717) is 10.4 Å². The third-order valence-electron chi connectivity index (χ3n) is 5.15. The Bertz CT molecular complexity index is 946. The highest BCUT2D eigenvalue weighted by molar-refractivity contribution is 7.89. The van der Waals surface area contributed by atoms with E-state index >= 15 is 0 Å². The highest BCUT2D eigenvalue weighted by atomic mass is 35.5. The lowest BCUT2D eigenvalue weighted by Crippen LogP contribution is -2.11. The molecule has 0 saturated heterocycles. The highest BCUT2D eigenvalue weighted by Crippen LogP contribution is 2.62. The molecule has 1 aromatic carbocycles. The molecule has 1 saturated carbocycles. The van der Waals surface area contributed by atoms with E-state index in [4.69, 9.17) is 21.5 Å². The van der Waals surface area contributed by atoms with E-state index in [0.717, 1.165) is 24.0 Å². The maximum Gasteiger partial charge on any atom is 0.238 e. The van der Waals surface area contributed by atoms with Crippen LogP contribution >= 0.6 is 11.6 Å². The summed E-state index contributed by atoms with van der Waals surface area (Å²) in [6.45, 7) is 1.86. The normalized spacial score (nSPS) is 20.0. The van der Waals surface area contributed by atoms with Crippen LogP contribution in [0.2, 0.25) is 0 Å². The molecule has 1 fully saturated rings. The average Bonchev–Trinajstić information content (AvgIpc) is 3.24. The maximum atomic E-state index is 11.5. The average molecular weight is 406 g/mol. The molecule has 27 heavy (non-hydrogen) atoms. The van der Waals surface area contributed by atoms with Gasteiger partial charge in [-0.2, -0.15) is 0 Å². The zero-order valence-corrected chi connectivity index (χ0v) is 17.1. The minimum atomic E-state index is -3.69. The van der Waals surface area contributed by atoms with Gasteiger partial charge in [0.1, 0.15) is 0 Å². The molecule has 3 rings (SSSR count). The standard InChI is InChI=1S/C21H24ClNO3S/c1-15(22)12-17(4-3-11-26-2)20-14-21(9-10-21)13-19(20)16-5-7-18(8-6-16)27(23,24)25/h3-8,11-12H,9-10,13-14H2,1-2H3,(H2,23,24,25)/b11-3+,15-12+,17-4+. The zero-order valence-electron chi connectivity index (χ0n) is 15.5. The number of allylic oxidation sites excluding steroid dienone is 7. The van der Waals surface area contributed by atoms with Crippen molar-refractivity contribution in [3.05, 3.63) is 70.5 Å². The van der Waals surface area contributed by atoms with Crippen LogP contribution in [0.15, 0.2) is 69.8 Å². The number of rotatable bonds is 6. The summed E-state index contributed by atoms with van der Waals surface area (Å²) in [5.41, 5.74) is 4.95. The quantitative estimate of drug-likeness (QED) is 0.541. The molecule has 2 aliphatic rings. The number of halogens is 1. The Morgan fingerprint density at radius 2 is 1.89 bits per heavy atom. The van der Waals surface area contributed by atoms with Crippen LogP contribution in [0.1, 0.15) is 38.2 Å². The minimum absolute atomic E-state index is 0.128. The van der Waals surface area contributed by atoms with Gasteiger partial charge in [-0.25, -0.2) is 13.6 Å². The molecule has 0 aromatic heterocycles. The number of methoxy groups -OCH3 is 1. The Hall–Kier alpha value is -1.82. The Morgan fingerprint density at radius 1 is 1.22 bits per heavy atom. The predicted octanol–water partition coefficient (Wildman–Crippen LogP) is 4.89. The second-order valence-corrected chi connectivity index (χ2v) is 9.45. The lowest BCUT2D eigenvalue weighted by atomic mass is 9.96. The van der Waals surface area contributed by atoms with E-state index < -0.39 is 10.0 Å². The van der Waals surface area contributed by atoms with Crippen LogP contribution < -0.4 is 5.14 Å². The number of hydrogen-bond donors (Lipinski definition) is 1. The van der Waals surface area contributed by atoms with E-state index in [9.17, 15) is 8.42 Å². The summed E-state index contributed by atoms with van der Waals surface area (Å²) >= 11 is 6.18. The first-order chi connectivity index (χ1) is 12.7. The first-order valence-corrected chi connectivity index (χ1v) is 10.8. The summed E-state index contributed by atoms with van der Waals surface area (Å²) in [5, 5.41) is 5.93. The molecule has 0 amide bonds. The number of benzene rings is 1. The van der Waals surface area contributed by atoms with Gasteiger partial charge in [0.25, 0.3) is 0 Å². The summed E-state index contributed by atoms with van der Waals surface area (Å²) in [7, 11) is -2.08. The molecule has 0 unspecified atom stereocenters. The summed E-state index contributed by atoms with van der Waals surface area (Å²) in [4.78, 5) is 0.128. The number of hydrogen-bond acceptors (Lipinski definition) is 3. The molecule has 2 N–H and O–H groups in total. The van der Waals surface area contributed by atoms with Gasteiger partial charge in [0.05, 0.1) is 18.3 Å². The number of sulfonamides is 1. The topological polar surface area (TPSA) is 69.4 Å². The van der Waals surface area contributed by atoms with Gasteiger partial charge in [0.15, 0.2) is 0 Å². The molecule has 0 heterocycles. The Labute approximate surface area is 166 Å². The molecule has 144 valence electrons. The SMILES string of the molecule is CO/C=C/C=C(\C=C(/C)Cl)C1=C(c2ccc(S(N)(=O)=O)cc2)CC2(CC2)C1. The van der Waals surface area contributed by atoms with Crippen molar-refractivity contribution in [3.8, 4) is 0 Å². The van der Waals surface area contributed by atoms with Crippen LogP contribution in [0.3, 0.4) is 0 Å². The number of primary sulfonamides is 1. The summed E-state index contributed by atoms with van der Waals surface area (Å²) in [6.07, 6.45) is 11.9. The van der Waals surface area contributed by atoms with Crippen LogP contribution in [0.4, 0.5) is 0 Å². The van der Waals surface area contributed by atoms with Crippen LogP contribution in [-0.4, -0.2) is 15.5 Å². The summed E-state index contributed by atoms with van der Waals surface area (Å²) in [5.74, 6) is 0. The van der Waals surface area contributed by atoms with Gasteiger partial charge in [-0.05, 0) is 84.6 Å². The maximum absolute atomic E-state index is 11.5. The highest BCUT2D eigenvalue weighted by Gasteiger charge is 2.48. The number of ether oxygens (including phenoxy) is 1. The van der Waals surface area contributed by atoms with E-state index in [-0.39, 0.29) is 4.90 Å². The van der Waals surface area contributed by atoms with Crippen molar-refractivity contribution in [2.24, 2.45) is 10.6 Å². The third-order valence-corrected chi connectivity index (χ3v) is 6.19. The number of nitrogens with two attached hydrogens (primary N) is 1. The zero-order chi connectivity index (χ0) is 19.7. The second kappa shape index (κ2) is 7.66. The molecular weight excluding hydrogens is 382 g/mol. The van der Waals surface area contributed by atoms with E-state index in [1.165, 1.54) is 24.0 Å². The first kappa shape index (κ1) is 19.9. The van der Waals surface area contributed by atoms with Gasteiger partial charge in [-0.15, -0.1) is 0 Å². The van der Waals surface area contributed by atoms with Crippen molar-refractivity contribution in [2.45, 2.75) is 37.5 Å². The van der Waals surface area contributed by atoms with Gasteiger partial charge in [-0.1, -0.05) is 29.8 Å². The lowest BCUT2D eigenvalue weighted by molar-refractivity contribution is 0.338. The molecule has 0 aliphatic heterocycles. The molecule has 1 spiro atoms. The van der Waals surface area contributed by atoms with Gasteiger partial charge in [-0.3, -0.25) is 0 Å². The van der Waals surface area contributed by atoms with Crippen molar-refractivity contribution in [1.82, 2.24) is 0 Å². The fourth-order valence-corrected chi connectivity index (χ4v) is 4.26. The molecule has 0 atom stereocenters.